The third-order valence-corrected chi connectivity index (χ3v) is 3.73. The number of carbonyl (C=O) groups is 1. The zero-order chi connectivity index (χ0) is 14.4. The molecule has 0 radical (unpaired) electrons. The molecule has 104 valence electrons. The third kappa shape index (κ3) is 2.90. The topological polar surface area (TPSA) is 46.5 Å². The van der Waals surface area contributed by atoms with Crippen LogP contribution in [-0.4, -0.2) is 21.8 Å². The number of benzene rings is 1. The van der Waals surface area contributed by atoms with Crippen molar-refractivity contribution in [2.45, 2.75) is 16.6 Å². The Kier molecular flexibility index (Phi) is 3.35. The molecule has 19 heavy (non-hydrogen) atoms. The molecule has 1 aromatic carbocycles. The van der Waals surface area contributed by atoms with Crippen LogP contribution in [0.15, 0.2) is 24.3 Å². The fourth-order valence-corrected chi connectivity index (χ4v) is 2.74. The first-order chi connectivity index (χ1) is 8.63. The van der Waals surface area contributed by atoms with Crippen molar-refractivity contribution in [1.82, 2.24) is 0 Å². The van der Waals surface area contributed by atoms with Gasteiger partial charge in [0.15, 0.2) is 0 Å². The number of ether oxygens (including phenoxy) is 1. The van der Waals surface area contributed by atoms with Crippen molar-refractivity contribution >= 4 is 29.2 Å². The van der Waals surface area contributed by atoms with Crippen molar-refractivity contribution in [3.8, 4) is 5.75 Å². The summed E-state index contributed by atoms with van der Waals surface area (Å²) in [7, 11) is 0. The van der Waals surface area contributed by atoms with Gasteiger partial charge in [-0.1, -0.05) is 35.3 Å². The van der Waals surface area contributed by atoms with Gasteiger partial charge in [-0.2, -0.15) is 0 Å². The van der Waals surface area contributed by atoms with Gasteiger partial charge in [-0.15, -0.1) is 13.2 Å². The quantitative estimate of drug-likeness (QED) is 0.868. The molecule has 0 aromatic heterocycles. The van der Waals surface area contributed by atoms with Gasteiger partial charge in [0, 0.05) is 5.92 Å². The fraction of sp³-hybridized carbons (Fsp3) is 0.364. The van der Waals surface area contributed by atoms with Crippen LogP contribution in [0.5, 0.6) is 5.75 Å². The number of carboxylic acid groups (broad SMARTS) is 1. The van der Waals surface area contributed by atoms with Gasteiger partial charge in [0.05, 0.1) is 5.92 Å². The second kappa shape index (κ2) is 4.45. The van der Waals surface area contributed by atoms with Gasteiger partial charge >= 0.3 is 12.3 Å². The molecule has 3 nitrogen and oxygen atoms in total. The van der Waals surface area contributed by atoms with E-state index in [0.717, 1.165) is 12.1 Å². The van der Waals surface area contributed by atoms with Crippen LogP contribution in [0.25, 0.3) is 0 Å². The number of hydrogen-bond acceptors (Lipinski definition) is 2. The van der Waals surface area contributed by atoms with E-state index in [1.54, 1.807) is 0 Å². The van der Waals surface area contributed by atoms with Gasteiger partial charge in [0.25, 0.3) is 0 Å². The maximum absolute atomic E-state index is 12.0. The van der Waals surface area contributed by atoms with E-state index in [4.69, 9.17) is 28.3 Å². The highest BCUT2D eigenvalue weighted by Gasteiger charge is 2.68. The van der Waals surface area contributed by atoms with Crippen LogP contribution in [0, 0.1) is 5.92 Å². The molecule has 0 bridgehead atoms. The summed E-state index contributed by atoms with van der Waals surface area (Å²) >= 11 is 11.6. The first kappa shape index (κ1) is 14.3. The zero-order valence-electron chi connectivity index (χ0n) is 9.12. The van der Waals surface area contributed by atoms with Gasteiger partial charge < -0.3 is 9.84 Å². The molecule has 8 heteroatoms. The van der Waals surface area contributed by atoms with Crippen LogP contribution in [0.1, 0.15) is 11.5 Å². The summed E-state index contributed by atoms with van der Waals surface area (Å²) < 4.78 is 38.2. The molecule has 0 saturated heterocycles. The van der Waals surface area contributed by atoms with Crippen molar-refractivity contribution < 1.29 is 27.8 Å². The lowest BCUT2D eigenvalue weighted by atomic mass is 10.1. The van der Waals surface area contributed by atoms with E-state index in [2.05, 4.69) is 4.74 Å². The Morgan fingerprint density at radius 2 is 1.79 bits per heavy atom. The Labute approximate surface area is 115 Å². The molecular weight excluding hydrogens is 308 g/mol. The number of hydrogen-bond donors (Lipinski definition) is 1. The summed E-state index contributed by atoms with van der Waals surface area (Å²) in [6.07, 6.45) is -4.77. The summed E-state index contributed by atoms with van der Waals surface area (Å²) in [6, 6.07) is 4.80. The molecule has 2 atom stereocenters. The molecular formula is C11H7Cl2F3O3. The summed E-state index contributed by atoms with van der Waals surface area (Å²) in [5.41, 5.74) is 0.451. The van der Waals surface area contributed by atoms with E-state index in [9.17, 15) is 18.0 Å². The number of alkyl halides is 5. The average Bonchev–Trinajstić information content (AvgIpc) is 2.80. The number of halogens is 5. The van der Waals surface area contributed by atoms with E-state index in [-0.39, 0.29) is 0 Å². The first-order valence-electron chi connectivity index (χ1n) is 5.09. The van der Waals surface area contributed by atoms with Crippen LogP contribution in [0.3, 0.4) is 0 Å². The smallest absolute Gasteiger partial charge is 0.481 e. The van der Waals surface area contributed by atoms with Crippen LogP contribution in [0.4, 0.5) is 13.2 Å². The van der Waals surface area contributed by atoms with Crippen molar-refractivity contribution in [2.24, 2.45) is 5.92 Å². The highest BCUT2D eigenvalue weighted by atomic mass is 35.5. The van der Waals surface area contributed by atoms with Crippen molar-refractivity contribution in [3.05, 3.63) is 29.8 Å². The standard InChI is InChI=1S/C11H7Cl2F3O3/c12-10(13)7(8(10)9(17)18)5-1-3-6(4-2-5)19-11(14,15)16/h1-4,7-8H,(H,17,18). The van der Waals surface area contributed by atoms with Crippen LogP contribution < -0.4 is 4.74 Å². The minimum absolute atomic E-state index is 0.390. The molecule has 1 aromatic rings. The maximum atomic E-state index is 12.0. The van der Waals surface area contributed by atoms with Crippen LogP contribution in [-0.2, 0) is 4.79 Å². The highest BCUT2D eigenvalue weighted by Crippen LogP contribution is 2.65. The molecule has 0 aliphatic heterocycles. The van der Waals surface area contributed by atoms with Crippen LogP contribution >= 0.6 is 23.2 Å². The predicted octanol–water partition coefficient (Wildman–Crippen LogP) is 3.56. The first-order valence-corrected chi connectivity index (χ1v) is 5.85. The second-order valence-corrected chi connectivity index (χ2v) is 5.53. The Bertz CT molecular complexity index is 499. The minimum atomic E-state index is -4.77. The molecule has 2 unspecified atom stereocenters. The molecule has 1 fully saturated rings. The van der Waals surface area contributed by atoms with Crippen molar-refractivity contribution in [3.63, 3.8) is 0 Å². The van der Waals surface area contributed by atoms with Gasteiger partial charge in [-0.3, -0.25) is 4.79 Å². The summed E-state index contributed by atoms with van der Waals surface area (Å²) in [6.45, 7) is 0. The zero-order valence-corrected chi connectivity index (χ0v) is 10.6. The lowest BCUT2D eigenvalue weighted by molar-refractivity contribution is -0.274. The molecule has 1 aliphatic rings. The van der Waals surface area contributed by atoms with Crippen molar-refractivity contribution in [2.75, 3.05) is 0 Å². The minimum Gasteiger partial charge on any atom is -0.481 e. The highest BCUT2D eigenvalue weighted by molar-refractivity contribution is 6.53. The van der Waals surface area contributed by atoms with Crippen LogP contribution in [0.2, 0.25) is 0 Å². The number of carboxylic acids is 1. The number of rotatable bonds is 3. The predicted molar refractivity (Wildman–Crippen MR) is 61.4 cm³/mol. The molecule has 1 aliphatic carbocycles. The van der Waals surface area contributed by atoms with Crippen molar-refractivity contribution in [1.29, 1.82) is 0 Å². The fourth-order valence-electron chi connectivity index (χ4n) is 1.93. The molecule has 1 saturated carbocycles. The molecule has 0 amide bonds. The number of aliphatic carboxylic acids is 1. The van der Waals surface area contributed by atoms with E-state index >= 15 is 0 Å². The van der Waals surface area contributed by atoms with E-state index in [0.29, 0.717) is 5.56 Å². The average molecular weight is 315 g/mol. The maximum Gasteiger partial charge on any atom is 0.573 e. The summed E-state index contributed by atoms with van der Waals surface area (Å²) in [5, 5.41) is 8.89. The Hall–Kier alpha value is -1.14. The van der Waals surface area contributed by atoms with E-state index < -0.39 is 34.3 Å². The molecule has 0 heterocycles. The SMILES string of the molecule is O=C(O)C1C(c2ccc(OC(F)(F)F)cc2)C1(Cl)Cl. The van der Waals surface area contributed by atoms with E-state index in [1.165, 1.54) is 12.1 Å². The van der Waals surface area contributed by atoms with Gasteiger partial charge in [0.1, 0.15) is 10.1 Å². The lowest BCUT2D eigenvalue weighted by Crippen LogP contribution is -2.17. The monoisotopic (exact) mass is 314 g/mol. The molecule has 0 spiro atoms. The summed E-state index contributed by atoms with van der Waals surface area (Å²) in [4.78, 5) is 10.9. The Balaban J connectivity index is 2.14. The van der Waals surface area contributed by atoms with Gasteiger partial charge in [0.2, 0.25) is 0 Å². The Morgan fingerprint density at radius 3 is 2.16 bits per heavy atom. The second-order valence-electron chi connectivity index (χ2n) is 4.08. The summed E-state index contributed by atoms with van der Waals surface area (Å²) in [5.74, 6) is -3.15. The molecule has 2 rings (SSSR count). The largest absolute Gasteiger partial charge is 0.573 e. The normalized spacial score (nSPS) is 24.9. The molecule has 1 N–H and O–H groups in total. The van der Waals surface area contributed by atoms with Gasteiger partial charge in [-0.05, 0) is 17.7 Å². The lowest BCUT2D eigenvalue weighted by Gasteiger charge is -2.09. The Morgan fingerprint density at radius 1 is 1.26 bits per heavy atom. The van der Waals surface area contributed by atoms with Gasteiger partial charge in [-0.25, -0.2) is 0 Å². The van der Waals surface area contributed by atoms with E-state index in [1.807, 2.05) is 0 Å². The third-order valence-electron chi connectivity index (χ3n) is 2.79.